The molecule has 12 heteroatoms. The summed E-state index contributed by atoms with van der Waals surface area (Å²) >= 11 is 7.39. The summed E-state index contributed by atoms with van der Waals surface area (Å²) in [6, 6.07) is 24.7. The number of rotatable bonds is 7. The van der Waals surface area contributed by atoms with Crippen LogP contribution in [0.4, 0.5) is 18.7 Å². The Kier molecular flexibility index (Phi) is 8.95. The number of anilines is 1. The van der Waals surface area contributed by atoms with Crippen molar-refractivity contribution in [1.29, 1.82) is 0 Å². The molecule has 0 spiro atoms. The molecular formula is C33H27ClF2N4O3S2. The van der Waals surface area contributed by atoms with Gasteiger partial charge in [-0.2, -0.15) is 0 Å². The molecule has 0 radical (unpaired) electrons. The number of hydrogen-bond acceptors (Lipinski definition) is 6. The first-order valence-electron chi connectivity index (χ1n) is 14.1. The van der Waals surface area contributed by atoms with E-state index >= 15 is 0 Å². The van der Waals surface area contributed by atoms with Crippen LogP contribution in [0.5, 0.6) is 0 Å². The number of carbonyl (C=O) groups excluding carboxylic acids is 1. The third-order valence-electron chi connectivity index (χ3n) is 7.64. The van der Waals surface area contributed by atoms with Gasteiger partial charge < -0.3 is 4.90 Å². The number of thiazole rings is 1. The van der Waals surface area contributed by atoms with Crippen molar-refractivity contribution in [2.24, 2.45) is 0 Å². The molecule has 5 aromatic rings. The number of benzene rings is 4. The van der Waals surface area contributed by atoms with Crippen molar-refractivity contribution in [1.82, 2.24) is 14.8 Å². The number of urea groups is 1. The van der Waals surface area contributed by atoms with Crippen molar-refractivity contribution in [2.75, 3.05) is 31.5 Å². The summed E-state index contributed by atoms with van der Waals surface area (Å²) < 4.78 is 53.3. The van der Waals surface area contributed by atoms with Crippen LogP contribution in [-0.2, 0) is 9.84 Å². The number of aromatic nitrogens is 1. The number of halogens is 3. The zero-order valence-corrected chi connectivity index (χ0v) is 26.1. The molecule has 7 nitrogen and oxygen atoms in total. The SMILES string of the molecule is O=C(Nc1nc(-c2ccc(S(=O)(=O)c3ccccc3Cl)cc2)cs1)N1CCN(C(c2ccc(F)cc2)c2ccc(F)cc2)CC1. The third kappa shape index (κ3) is 6.76. The minimum absolute atomic E-state index is 0.0420. The maximum atomic E-state index is 13.6. The Morgan fingerprint density at radius 2 is 1.40 bits per heavy atom. The Hall–Kier alpha value is -4.16. The highest BCUT2D eigenvalue weighted by Crippen LogP contribution is 2.32. The molecule has 0 saturated carbocycles. The molecule has 1 saturated heterocycles. The second-order valence-corrected chi connectivity index (χ2v) is 13.6. The number of nitrogens with zero attached hydrogens (tertiary/aromatic N) is 3. The zero-order valence-electron chi connectivity index (χ0n) is 23.7. The molecule has 230 valence electrons. The Morgan fingerprint density at radius 1 is 0.822 bits per heavy atom. The Labute approximate surface area is 268 Å². The van der Waals surface area contributed by atoms with E-state index in [1.54, 1.807) is 58.8 Å². The van der Waals surface area contributed by atoms with Crippen molar-refractivity contribution >= 4 is 43.9 Å². The fourth-order valence-corrected chi connectivity index (χ4v) is 7.80. The first-order chi connectivity index (χ1) is 21.7. The molecule has 0 bridgehead atoms. The van der Waals surface area contributed by atoms with Crippen molar-refractivity contribution in [3.8, 4) is 11.3 Å². The van der Waals surface area contributed by atoms with Crippen LogP contribution in [0.2, 0.25) is 5.02 Å². The van der Waals surface area contributed by atoms with Crippen LogP contribution in [0.25, 0.3) is 11.3 Å². The molecule has 6 rings (SSSR count). The predicted molar refractivity (Wildman–Crippen MR) is 171 cm³/mol. The van der Waals surface area contributed by atoms with Gasteiger partial charge in [0, 0.05) is 37.1 Å². The number of piperazine rings is 1. The number of hydrogen-bond donors (Lipinski definition) is 1. The van der Waals surface area contributed by atoms with Gasteiger partial charge in [0.15, 0.2) is 5.13 Å². The number of amides is 2. The summed E-state index contributed by atoms with van der Waals surface area (Å²) in [5, 5.41) is 5.23. The van der Waals surface area contributed by atoms with E-state index in [9.17, 15) is 22.0 Å². The van der Waals surface area contributed by atoms with Crippen molar-refractivity contribution < 1.29 is 22.0 Å². The largest absolute Gasteiger partial charge is 0.323 e. The van der Waals surface area contributed by atoms with E-state index in [0.29, 0.717) is 42.6 Å². The molecule has 4 aromatic carbocycles. The summed E-state index contributed by atoms with van der Waals surface area (Å²) in [6.07, 6.45) is 0. The van der Waals surface area contributed by atoms with Gasteiger partial charge in [-0.1, -0.05) is 60.1 Å². The van der Waals surface area contributed by atoms with Gasteiger partial charge in [0.1, 0.15) is 11.6 Å². The standard InChI is InChI=1S/C33H27ClF2N4O3S2/c34-28-3-1-2-4-30(28)45(42,43)27-15-9-22(10-16-27)29-21-44-32(37-29)38-33(41)40-19-17-39(18-20-40)31(23-5-11-25(35)12-6-23)24-7-13-26(36)14-8-24/h1-16,21,31H,17-20H2,(H,37,38,41). The Bertz CT molecular complexity index is 1870. The van der Waals surface area contributed by atoms with Crippen LogP contribution in [0, 0.1) is 11.6 Å². The topological polar surface area (TPSA) is 82.6 Å². The van der Waals surface area contributed by atoms with E-state index in [1.807, 2.05) is 0 Å². The van der Waals surface area contributed by atoms with Gasteiger partial charge in [-0.3, -0.25) is 10.2 Å². The lowest BCUT2D eigenvalue weighted by molar-refractivity contribution is 0.126. The molecule has 0 unspecified atom stereocenters. The molecule has 1 aromatic heterocycles. The minimum atomic E-state index is -3.78. The molecule has 1 N–H and O–H groups in total. The lowest BCUT2D eigenvalue weighted by atomic mass is 9.96. The molecule has 1 aliphatic heterocycles. The van der Waals surface area contributed by atoms with E-state index in [-0.39, 0.29) is 38.5 Å². The number of nitrogens with one attached hydrogen (secondary N) is 1. The summed E-state index contributed by atoms with van der Waals surface area (Å²) in [7, 11) is -3.78. The van der Waals surface area contributed by atoms with E-state index in [2.05, 4.69) is 15.2 Å². The lowest BCUT2D eigenvalue weighted by Crippen LogP contribution is -2.51. The fraction of sp³-hybridized carbons (Fsp3) is 0.152. The summed E-state index contributed by atoms with van der Waals surface area (Å²) in [5.74, 6) is -0.663. The van der Waals surface area contributed by atoms with Gasteiger partial charge in [-0.05, 0) is 59.7 Å². The van der Waals surface area contributed by atoms with Gasteiger partial charge in [0.2, 0.25) is 9.84 Å². The molecular weight excluding hydrogens is 638 g/mol. The van der Waals surface area contributed by atoms with Crippen LogP contribution in [0.3, 0.4) is 0 Å². The summed E-state index contributed by atoms with van der Waals surface area (Å²) in [5.41, 5.74) is 3.06. The molecule has 2 amide bonds. The number of sulfone groups is 1. The van der Waals surface area contributed by atoms with Crippen molar-refractivity contribution in [2.45, 2.75) is 15.8 Å². The van der Waals surface area contributed by atoms with Crippen LogP contribution < -0.4 is 5.32 Å². The summed E-state index contributed by atoms with van der Waals surface area (Å²) in [4.78, 5) is 21.7. The molecule has 45 heavy (non-hydrogen) atoms. The highest BCUT2D eigenvalue weighted by Gasteiger charge is 2.29. The van der Waals surface area contributed by atoms with Crippen LogP contribution >= 0.6 is 22.9 Å². The van der Waals surface area contributed by atoms with Crippen molar-refractivity contribution in [3.63, 3.8) is 0 Å². The van der Waals surface area contributed by atoms with E-state index in [1.165, 1.54) is 59.9 Å². The summed E-state index contributed by atoms with van der Waals surface area (Å²) in [6.45, 7) is 2.01. The first kappa shape index (κ1) is 30.8. The van der Waals surface area contributed by atoms with Crippen molar-refractivity contribution in [3.05, 3.63) is 130 Å². The normalized spacial score (nSPS) is 14.1. The van der Waals surface area contributed by atoms with Crippen LogP contribution in [0.1, 0.15) is 17.2 Å². The maximum Gasteiger partial charge on any atom is 0.323 e. The van der Waals surface area contributed by atoms with Crippen LogP contribution in [-0.4, -0.2) is 55.4 Å². The smallest absolute Gasteiger partial charge is 0.322 e. The van der Waals surface area contributed by atoms with E-state index < -0.39 is 9.84 Å². The minimum Gasteiger partial charge on any atom is -0.322 e. The molecule has 0 aliphatic carbocycles. The monoisotopic (exact) mass is 664 g/mol. The average molecular weight is 665 g/mol. The van der Waals surface area contributed by atoms with Gasteiger partial charge in [-0.25, -0.2) is 27.0 Å². The lowest BCUT2D eigenvalue weighted by Gasteiger charge is -2.39. The van der Waals surface area contributed by atoms with Gasteiger partial charge >= 0.3 is 6.03 Å². The molecule has 1 aliphatic rings. The van der Waals surface area contributed by atoms with E-state index in [0.717, 1.165) is 11.1 Å². The zero-order chi connectivity index (χ0) is 31.6. The first-order valence-corrected chi connectivity index (χ1v) is 16.8. The fourth-order valence-electron chi connectivity index (χ4n) is 5.32. The van der Waals surface area contributed by atoms with Gasteiger partial charge in [0.25, 0.3) is 0 Å². The number of carbonyl (C=O) groups is 1. The quantitative estimate of drug-likeness (QED) is 0.195. The second-order valence-electron chi connectivity index (χ2n) is 10.5. The average Bonchev–Trinajstić information content (AvgIpc) is 3.52. The highest BCUT2D eigenvalue weighted by molar-refractivity contribution is 7.91. The Morgan fingerprint density at radius 3 is 1.98 bits per heavy atom. The molecule has 2 heterocycles. The van der Waals surface area contributed by atoms with Crippen LogP contribution in [0.15, 0.2) is 112 Å². The highest BCUT2D eigenvalue weighted by atomic mass is 35.5. The molecule has 0 atom stereocenters. The maximum absolute atomic E-state index is 13.6. The second kappa shape index (κ2) is 13.1. The predicted octanol–water partition coefficient (Wildman–Crippen LogP) is 7.51. The van der Waals surface area contributed by atoms with E-state index in [4.69, 9.17) is 11.6 Å². The Balaban J connectivity index is 1.10. The molecule has 1 fully saturated rings. The van der Waals surface area contributed by atoms with Gasteiger partial charge in [-0.15, -0.1) is 11.3 Å². The third-order valence-corrected chi connectivity index (χ3v) is 10.7. The van der Waals surface area contributed by atoms with Gasteiger partial charge in [0.05, 0.1) is 26.5 Å².